The molecule has 0 aromatic heterocycles. The Kier molecular flexibility index (Phi) is 8.51. The molecule has 1 fully saturated rings. The lowest BCUT2D eigenvalue weighted by Crippen LogP contribution is -2.29. The summed E-state index contributed by atoms with van der Waals surface area (Å²) in [6, 6.07) is 7.13. The number of ether oxygens (including phenoxy) is 1. The van der Waals surface area contributed by atoms with Gasteiger partial charge in [0.15, 0.2) is 12.4 Å². The van der Waals surface area contributed by atoms with Crippen LogP contribution >= 0.6 is 23.4 Å². The number of thioether (sulfide) groups is 1. The summed E-state index contributed by atoms with van der Waals surface area (Å²) in [5, 5.41) is 15.6. The van der Waals surface area contributed by atoms with Crippen molar-refractivity contribution in [3.8, 4) is 5.75 Å². The van der Waals surface area contributed by atoms with Crippen LogP contribution in [0.15, 0.2) is 40.8 Å². The molecule has 0 spiro atoms. The van der Waals surface area contributed by atoms with E-state index in [1.54, 1.807) is 24.3 Å². The lowest BCUT2D eigenvalue weighted by Gasteiger charge is -2.28. The Balaban J connectivity index is 1.62. The lowest BCUT2D eigenvalue weighted by atomic mass is 9.77. The molecule has 1 aliphatic heterocycles. The number of oxime groups is 1. The van der Waals surface area contributed by atoms with E-state index in [-0.39, 0.29) is 30.2 Å². The zero-order valence-corrected chi connectivity index (χ0v) is 19.2. The first kappa shape index (κ1) is 23.0. The van der Waals surface area contributed by atoms with Gasteiger partial charge in [0.1, 0.15) is 17.6 Å². The van der Waals surface area contributed by atoms with Gasteiger partial charge in [-0.05, 0) is 67.4 Å². The van der Waals surface area contributed by atoms with Crippen LogP contribution in [0.4, 0.5) is 0 Å². The number of nitrogens with zero attached hydrogens (tertiary/aromatic N) is 1. The summed E-state index contributed by atoms with van der Waals surface area (Å²) in [5.74, 6) is 3.87. The van der Waals surface area contributed by atoms with Crippen molar-refractivity contribution in [2.24, 2.45) is 17.0 Å². The first-order chi connectivity index (χ1) is 14.5. The van der Waals surface area contributed by atoms with Gasteiger partial charge in [-0.3, -0.25) is 4.79 Å². The fourth-order valence-corrected chi connectivity index (χ4v) is 5.47. The molecule has 1 aromatic rings. The van der Waals surface area contributed by atoms with Crippen LogP contribution in [0.3, 0.4) is 0 Å². The first-order valence-electron chi connectivity index (χ1n) is 10.6. The molecule has 1 saturated heterocycles. The van der Waals surface area contributed by atoms with Crippen molar-refractivity contribution in [1.29, 1.82) is 0 Å². The monoisotopic (exact) mass is 451 g/mol. The van der Waals surface area contributed by atoms with Gasteiger partial charge in [-0.1, -0.05) is 30.1 Å². The molecule has 0 bridgehead atoms. The molecule has 7 heteroatoms. The number of carbonyl (C=O) groups is 1. The second-order valence-corrected chi connectivity index (χ2v) is 9.59. The molecule has 5 nitrogen and oxygen atoms in total. The highest BCUT2D eigenvalue weighted by atomic mass is 35.5. The van der Waals surface area contributed by atoms with Gasteiger partial charge < -0.3 is 14.7 Å². The maximum absolute atomic E-state index is 12.9. The smallest absolute Gasteiger partial charge is 0.168 e. The molecular formula is C23H30ClNO4S. The van der Waals surface area contributed by atoms with Gasteiger partial charge in [0, 0.05) is 17.9 Å². The minimum atomic E-state index is -0.230. The quantitative estimate of drug-likeness (QED) is 0.378. The summed E-state index contributed by atoms with van der Waals surface area (Å²) in [7, 11) is 0. The van der Waals surface area contributed by atoms with Gasteiger partial charge in [0.25, 0.3) is 0 Å². The molecule has 30 heavy (non-hydrogen) atoms. The van der Waals surface area contributed by atoms with Gasteiger partial charge in [-0.2, -0.15) is 11.8 Å². The molecule has 1 N–H and O–H groups in total. The number of ketones is 1. The van der Waals surface area contributed by atoms with Gasteiger partial charge >= 0.3 is 0 Å². The van der Waals surface area contributed by atoms with Gasteiger partial charge in [0.05, 0.1) is 11.3 Å². The zero-order chi connectivity index (χ0) is 21.5. The summed E-state index contributed by atoms with van der Waals surface area (Å²) >= 11 is 7.83. The van der Waals surface area contributed by atoms with Gasteiger partial charge in [0.2, 0.25) is 0 Å². The summed E-state index contributed by atoms with van der Waals surface area (Å²) in [6.07, 6.45) is 3.35. The van der Waals surface area contributed by atoms with Crippen LogP contribution in [0.25, 0.3) is 0 Å². The van der Waals surface area contributed by atoms with Crippen LogP contribution in [-0.2, 0) is 9.63 Å². The fraction of sp³-hybridized carbons (Fsp3) is 0.565. The molecule has 2 aliphatic rings. The van der Waals surface area contributed by atoms with Gasteiger partial charge in [-0.25, -0.2) is 0 Å². The summed E-state index contributed by atoms with van der Waals surface area (Å²) in [4.78, 5) is 18.4. The van der Waals surface area contributed by atoms with E-state index in [1.165, 1.54) is 0 Å². The molecule has 164 valence electrons. The summed E-state index contributed by atoms with van der Waals surface area (Å²) in [5.41, 5.74) is 0.906. The number of aliphatic hydroxyl groups is 1. The molecule has 3 rings (SSSR count). The van der Waals surface area contributed by atoms with E-state index >= 15 is 0 Å². The van der Waals surface area contributed by atoms with E-state index < -0.39 is 0 Å². The number of allylic oxidation sites excluding steroid dienone is 2. The maximum Gasteiger partial charge on any atom is 0.168 e. The van der Waals surface area contributed by atoms with Crippen LogP contribution in [0.5, 0.6) is 5.75 Å². The summed E-state index contributed by atoms with van der Waals surface area (Å²) < 4.78 is 5.79. The minimum Gasteiger partial charge on any atom is -0.511 e. The second kappa shape index (κ2) is 11.1. The van der Waals surface area contributed by atoms with E-state index in [2.05, 4.69) is 5.16 Å². The van der Waals surface area contributed by atoms with Crippen molar-refractivity contribution in [2.45, 2.75) is 52.1 Å². The highest BCUT2D eigenvalue weighted by Crippen LogP contribution is 2.38. The fourth-order valence-electron chi connectivity index (χ4n) is 3.96. The number of halogens is 1. The van der Waals surface area contributed by atoms with Crippen molar-refractivity contribution >= 4 is 34.9 Å². The van der Waals surface area contributed by atoms with Crippen LogP contribution in [0, 0.1) is 11.8 Å². The van der Waals surface area contributed by atoms with Crippen LogP contribution < -0.4 is 4.74 Å². The van der Waals surface area contributed by atoms with E-state index in [0.717, 1.165) is 24.3 Å². The number of hydrogen-bond donors (Lipinski definition) is 1. The molecule has 3 unspecified atom stereocenters. The molecular weight excluding hydrogens is 422 g/mol. The van der Waals surface area contributed by atoms with Crippen molar-refractivity contribution in [3.63, 3.8) is 0 Å². The number of aliphatic hydroxyl groups excluding tert-OH is 1. The van der Waals surface area contributed by atoms with E-state index in [4.69, 9.17) is 21.2 Å². The predicted molar refractivity (Wildman–Crippen MR) is 123 cm³/mol. The highest BCUT2D eigenvalue weighted by Gasteiger charge is 2.35. The second-order valence-electron chi connectivity index (χ2n) is 8.00. The van der Waals surface area contributed by atoms with Gasteiger partial charge in [-0.15, -0.1) is 0 Å². The van der Waals surface area contributed by atoms with E-state index in [0.29, 0.717) is 47.2 Å². The Morgan fingerprint density at radius 1 is 1.30 bits per heavy atom. The third-order valence-corrected chi connectivity index (χ3v) is 6.95. The number of Topliss-reactive ketones (excluding diaryl/α,β-unsaturated/α-hetero) is 1. The van der Waals surface area contributed by atoms with Crippen molar-refractivity contribution in [1.82, 2.24) is 0 Å². The van der Waals surface area contributed by atoms with Crippen LogP contribution in [0.2, 0.25) is 5.02 Å². The maximum atomic E-state index is 12.9. The molecule has 3 atom stereocenters. The van der Waals surface area contributed by atoms with E-state index in [1.807, 2.05) is 25.6 Å². The molecule has 1 aliphatic carbocycles. The Labute approximate surface area is 187 Å². The van der Waals surface area contributed by atoms with Crippen molar-refractivity contribution in [2.75, 3.05) is 18.1 Å². The topological polar surface area (TPSA) is 68.1 Å². The lowest BCUT2D eigenvalue weighted by molar-refractivity contribution is -0.117. The molecule has 1 heterocycles. The van der Waals surface area contributed by atoms with Crippen molar-refractivity contribution < 1.29 is 19.5 Å². The first-order valence-corrected chi connectivity index (χ1v) is 12.2. The molecule has 0 saturated carbocycles. The Morgan fingerprint density at radius 3 is 2.70 bits per heavy atom. The number of hydrogen-bond acceptors (Lipinski definition) is 6. The third kappa shape index (κ3) is 6.17. The van der Waals surface area contributed by atoms with Crippen LogP contribution in [-0.4, -0.2) is 40.8 Å². The number of benzene rings is 1. The Bertz CT molecular complexity index is 787. The standard InChI is InChI=1S/C23H30ClNO4S/c1-3-4-20(25-28-13-15(2)29-19-7-5-18(24)6-8-19)23-21(26)11-17(12-22(23)27)16-9-10-30-14-16/h5-8,15-17,26H,3-4,9-14H2,1-2H3/b25-20+. The predicted octanol–water partition coefficient (Wildman–Crippen LogP) is 5.82. The third-order valence-electron chi connectivity index (χ3n) is 5.51. The molecule has 1 aromatic carbocycles. The number of rotatable bonds is 9. The average molecular weight is 452 g/mol. The number of carbonyl (C=O) groups excluding carboxylic acids is 1. The Hall–Kier alpha value is -1.66. The van der Waals surface area contributed by atoms with Crippen molar-refractivity contribution in [3.05, 3.63) is 40.6 Å². The SMILES string of the molecule is CCC/C(=N\OCC(C)Oc1ccc(Cl)cc1)C1=C(O)CC(C2CCSC2)CC1=O. The van der Waals surface area contributed by atoms with E-state index in [9.17, 15) is 9.90 Å². The zero-order valence-electron chi connectivity index (χ0n) is 17.6. The summed E-state index contributed by atoms with van der Waals surface area (Å²) in [6.45, 7) is 4.14. The minimum absolute atomic E-state index is 0.0121. The largest absolute Gasteiger partial charge is 0.511 e. The average Bonchev–Trinajstić information content (AvgIpc) is 3.24. The molecule has 0 radical (unpaired) electrons. The normalized spacial score (nSPS) is 23.6. The van der Waals surface area contributed by atoms with Crippen LogP contribution in [0.1, 0.15) is 46.0 Å². The Morgan fingerprint density at radius 2 is 2.07 bits per heavy atom. The molecule has 0 amide bonds. The highest BCUT2D eigenvalue weighted by molar-refractivity contribution is 7.99.